The van der Waals surface area contributed by atoms with Crippen molar-refractivity contribution in [1.82, 2.24) is 10.6 Å². The number of hydrogen-bond acceptors (Lipinski definition) is 4. The molecule has 0 aromatic carbocycles. The molecule has 2 amide bonds. The quantitative estimate of drug-likeness (QED) is 0.689. The van der Waals surface area contributed by atoms with Crippen molar-refractivity contribution in [2.24, 2.45) is 0 Å². The summed E-state index contributed by atoms with van der Waals surface area (Å²) < 4.78 is 0. The van der Waals surface area contributed by atoms with Gasteiger partial charge in [0.1, 0.15) is 0 Å². The summed E-state index contributed by atoms with van der Waals surface area (Å²) in [6.45, 7) is 2.40. The Balaban J connectivity index is 2.40. The Labute approximate surface area is 97.5 Å². The molecule has 82 valence electrons. The van der Waals surface area contributed by atoms with Gasteiger partial charge >= 0.3 is 0 Å². The molecule has 4 nitrogen and oxygen atoms in total. The first-order valence-corrected chi connectivity index (χ1v) is 5.78. The number of hydrogen-bond donors (Lipinski definition) is 3. The van der Waals surface area contributed by atoms with E-state index in [2.05, 4.69) is 23.3 Å². The van der Waals surface area contributed by atoms with E-state index in [-0.39, 0.29) is 18.4 Å². The highest BCUT2D eigenvalue weighted by atomic mass is 32.1. The Bertz CT molecular complexity index is 363. The molecule has 0 fully saturated rings. The third-order valence-corrected chi connectivity index (χ3v) is 2.95. The molecule has 0 spiro atoms. The molecule has 1 aromatic heterocycles. The number of nitrogens with one attached hydrogen (secondary N) is 2. The van der Waals surface area contributed by atoms with Crippen LogP contribution in [0.3, 0.4) is 0 Å². The third-order valence-electron chi connectivity index (χ3n) is 1.59. The van der Waals surface area contributed by atoms with Gasteiger partial charge in [-0.1, -0.05) is 0 Å². The standard InChI is InChI=1S/C9H12N2O2S2/c1-2-10-8(12)4-11-9(13)7-3-6(14)5-15-7/h3,5,14H,2,4H2,1H3,(H,10,12)(H,11,13). The maximum atomic E-state index is 11.5. The minimum absolute atomic E-state index is 0.00643. The molecular weight excluding hydrogens is 232 g/mol. The molecule has 1 rings (SSSR count). The van der Waals surface area contributed by atoms with Crippen molar-refractivity contribution in [2.75, 3.05) is 13.1 Å². The van der Waals surface area contributed by atoms with Crippen LogP contribution >= 0.6 is 24.0 Å². The maximum absolute atomic E-state index is 11.5. The van der Waals surface area contributed by atoms with Crippen LogP contribution in [-0.2, 0) is 4.79 Å². The van der Waals surface area contributed by atoms with Gasteiger partial charge in [0.15, 0.2) is 0 Å². The van der Waals surface area contributed by atoms with E-state index < -0.39 is 0 Å². The molecule has 2 N–H and O–H groups in total. The van der Waals surface area contributed by atoms with E-state index in [1.54, 1.807) is 11.4 Å². The fraction of sp³-hybridized carbons (Fsp3) is 0.333. The number of likely N-dealkylation sites (N-methyl/N-ethyl adjacent to an activating group) is 1. The van der Waals surface area contributed by atoms with Gasteiger partial charge in [-0.15, -0.1) is 24.0 Å². The average Bonchev–Trinajstić information content (AvgIpc) is 2.62. The smallest absolute Gasteiger partial charge is 0.261 e. The first-order valence-electron chi connectivity index (χ1n) is 4.46. The van der Waals surface area contributed by atoms with Gasteiger partial charge in [0.25, 0.3) is 5.91 Å². The fourth-order valence-electron chi connectivity index (χ4n) is 0.953. The molecule has 0 saturated carbocycles. The van der Waals surface area contributed by atoms with Crippen LogP contribution in [0.25, 0.3) is 0 Å². The lowest BCUT2D eigenvalue weighted by Gasteiger charge is -2.03. The van der Waals surface area contributed by atoms with Crippen molar-refractivity contribution >= 4 is 35.8 Å². The van der Waals surface area contributed by atoms with E-state index >= 15 is 0 Å². The molecule has 1 heterocycles. The van der Waals surface area contributed by atoms with Crippen LogP contribution in [0, 0.1) is 0 Å². The molecule has 6 heteroatoms. The highest BCUT2D eigenvalue weighted by Gasteiger charge is 2.09. The van der Waals surface area contributed by atoms with Crippen molar-refractivity contribution < 1.29 is 9.59 Å². The number of carbonyl (C=O) groups is 2. The lowest BCUT2D eigenvalue weighted by molar-refractivity contribution is -0.120. The molecule has 0 aliphatic rings. The third kappa shape index (κ3) is 3.93. The number of thiol groups is 1. The second kappa shape index (κ2) is 5.77. The van der Waals surface area contributed by atoms with E-state index in [9.17, 15) is 9.59 Å². The number of carbonyl (C=O) groups excluding carboxylic acids is 2. The zero-order valence-electron chi connectivity index (χ0n) is 8.24. The molecule has 0 bridgehead atoms. The largest absolute Gasteiger partial charge is 0.355 e. The molecule has 0 radical (unpaired) electrons. The van der Waals surface area contributed by atoms with Crippen LogP contribution < -0.4 is 10.6 Å². The minimum atomic E-state index is -0.244. The van der Waals surface area contributed by atoms with Gasteiger partial charge in [-0.25, -0.2) is 0 Å². The summed E-state index contributed by atoms with van der Waals surface area (Å²) in [6, 6.07) is 1.67. The van der Waals surface area contributed by atoms with Crippen molar-refractivity contribution in [1.29, 1.82) is 0 Å². The minimum Gasteiger partial charge on any atom is -0.355 e. The zero-order valence-corrected chi connectivity index (χ0v) is 9.95. The van der Waals surface area contributed by atoms with E-state index in [0.717, 1.165) is 4.90 Å². The van der Waals surface area contributed by atoms with Gasteiger partial charge in [0.05, 0.1) is 11.4 Å². The molecule has 0 aliphatic heterocycles. The fourth-order valence-corrected chi connectivity index (χ4v) is 2.02. The highest BCUT2D eigenvalue weighted by molar-refractivity contribution is 7.80. The lowest BCUT2D eigenvalue weighted by Crippen LogP contribution is -2.36. The Kier molecular flexibility index (Phi) is 4.64. The summed E-state index contributed by atoms with van der Waals surface area (Å²) >= 11 is 5.40. The topological polar surface area (TPSA) is 58.2 Å². The molecular formula is C9H12N2O2S2. The van der Waals surface area contributed by atoms with Crippen molar-refractivity contribution in [2.45, 2.75) is 11.8 Å². The number of rotatable bonds is 4. The van der Waals surface area contributed by atoms with Crippen LogP contribution in [0.1, 0.15) is 16.6 Å². The first-order chi connectivity index (χ1) is 7.13. The molecule has 1 aromatic rings. The van der Waals surface area contributed by atoms with Crippen LogP contribution in [0.4, 0.5) is 0 Å². The normalized spacial score (nSPS) is 9.73. The van der Waals surface area contributed by atoms with E-state index in [1.165, 1.54) is 11.3 Å². The number of thiophene rings is 1. The van der Waals surface area contributed by atoms with Gasteiger partial charge in [-0.05, 0) is 13.0 Å². The Morgan fingerprint density at radius 1 is 1.47 bits per heavy atom. The predicted octanol–water partition coefficient (Wildman–Crippen LogP) is 0.903. The molecule has 0 saturated heterocycles. The van der Waals surface area contributed by atoms with Crippen molar-refractivity contribution in [3.05, 3.63) is 16.3 Å². The Morgan fingerprint density at radius 3 is 2.73 bits per heavy atom. The summed E-state index contributed by atoms with van der Waals surface area (Å²) in [5, 5.41) is 6.88. The van der Waals surface area contributed by atoms with Gasteiger partial charge < -0.3 is 10.6 Å². The average molecular weight is 244 g/mol. The van der Waals surface area contributed by atoms with Gasteiger partial charge in [0.2, 0.25) is 5.91 Å². The number of amides is 2. The Hall–Kier alpha value is -1.01. The summed E-state index contributed by atoms with van der Waals surface area (Å²) in [4.78, 5) is 23.8. The van der Waals surface area contributed by atoms with Crippen molar-refractivity contribution in [3.63, 3.8) is 0 Å². The van der Waals surface area contributed by atoms with Gasteiger partial charge in [-0.3, -0.25) is 9.59 Å². The van der Waals surface area contributed by atoms with Crippen molar-refractivity contribution in [3.8, 4) is 0 Å². The lowest BCUT2D eigenvalue weighted by atomic mass is 10.4. The maximum Gasteiger partial charge on any atom is 0.261 e. The highest BCUT2D eigenvalue weighted by Crippen LogP contribution is 2.16. The summed E-state index contributed by atoms with van der Waals surface area (Å²) in [5.41, 5.74) is 0. The SMILES string of the molecule is CCNC(=O)CNC(=O)c1cc(S)cs1. The van der Waals surface area contributed by atoms with Crippen LogP contribution in [0.5, 0.6) is 0 Å². The van der Waals surface area contributed by atoms with Crippen LogP contribution in [-0.4, -0.2) is 24.9 Å². The summed E-state index contributed by atoms with van der Waals surface area (Å²) in [7, 11) is 0. The second-order valence-electron chi connectivity index (χ2n) is 2.81. The van der Waals surface area contributed by atoms with E-state index in [1.807, 2.05) is 6.92 Å². The molecule has 0 unspecified atom stereocenters. The van der Waals surface area contributed by atoms with Crippen LogP contribution in [0.15, 0.2) is 16.3 Å². The molecule has 0 aliphatic carbocycles. The van der Waals surface area contributed by atoms with E-state index in [0.29, 0.717) is 11.4 Å². The zero-order chi connectivity index (χ0) is 11.3. The van der Waals surface area contributed by atoms with E-state index in [4.69, 9.17) is 0 Å². The van der Waals surface area contributed by atoms with Gasteiger partial charge in [-0.2, -0.15) is 0 Å². The predicted molar refractivity (Wildman–Crippen MR) is 62.6 cm³/mol. The monoisotopic (exact) mass is 244 g/mol. The Morgan fingerprint density at radius 2 is 2.20 bits per heavy atom. The summed E-state index contributed by atoms with van der Waals surface area (Å²) in [5.74, 6) is -0.431. The molecule has 15 heavy (non-hydrogen) atoms. The van der Waals surface area contributed by atoms with Crippen LogP contribution in [0.2, 0.25) is 0 Å². The first kappa shape index (κ1) is 12.1. The summed E-state index contributed by atoms with van der Waals surface area (Å²) in [6.07, 6.45) is 0. The molecule has 0 atom stereocenters. The van der Waals surface area contributed by atoms with Gasteiger partial charge in [0, 0.05) is 16.8 Å². The second-order valence-corrected chi connectivity index (χ2v) is 4.23.